The molecule has 0 aliphatic rings. The Morgan fingerprint density at radius 2 is 1.66 bits per heavy atom. The minimum absolute atomic E-state index is 0.282. The highest BCUT2D eigenvalue weighted by molar-refractivity contribution is 6.35. The van der Waals surface area contributed by atoms with Gasteiger partial charge in [-0.15, -0.1) is 0 Å². The molecule has 3 aromatic carbocycles. The van der Waals surface area contributed by atoms with Gasteiger partial charge in [0.2, 0.25) is 0 Å². The number of nitrogens with zero attached hydrogens (tertiary/aromatic N) is 3. The van der Waals surface area contributed by atoms with Crippen molar-refractivity contribution < 1.29 is 4.74 Å². The van der Waals surface area contributed by atoms with Crippen LogP contribution in [-0.4, -0.2) is 14.8 Å². The summed E-state index contributed by atoms with van der Waals surface area (Å²) in [5.41, 5.74) is 4.32. The van der Waals surface area contributed by atoms with E-state index in [9.17, 15) is 0 Å². The lowest BCUT2D eigenvalue weighted by molar-refractivity contribution is 0.0257. The standard InChI is InChI=1S/C23H19Cl2N3O/c24-20-10-11-21(22(25)12-20)23(13-28-16-26-15-27-28)29-14-17-6-8-19(9-7-17)18-4-2-1-3-5-18/h1-12,15-16,23H,13-14H2. The summed E-state index contributed by atoms with van der Waals surface area (Å²) >= 11 is 12.5. The van der Waals surface area contributed by atoms with Crippen molar-refractivity contribution in [1.82, 2.24) is 14.8 Å². The number of benzene rings is 3. The van der Waals surface area contributed by atoms with Gasteiger partial charge >= 0.3 is 0 Å². The molecule has 1 atom stereocenters. The zero-order valence-electron chi connectivity index (χ0n) is 15.6. The van der Waals surface area contributed by atoms with Crippen LogP contribution in [-0.2, 0) is 17.9 Å². The fourth-order valence-corrected chi connectivity index (χ4v) is 3.65. The number of rotatable bonds is 7. The lowest BCUT2D eigenvalue weighted by Crippen LogP contribution is -2.14. The SMILES string of the molecule is Clc1ccc(C(Cn2cncn2)OCc2ccc(-c3ccccc3)cc2)c(Cl)c1. The molecule has 146 valence electrons. The molecule has 4 nitrogen and oxygen atoms in total. The number of aromatic nitrogens is 3. The highest BCUT2D eigenvalue weighted by atomic mass is 35.5. The summed E-state index contributed by atoms with van der Waals surface area (Å²) in [4.78, 5) is 4.00. The normalized spacial score (nSPS) is 12.1. The van der Waals surface area contributed by atoms with Crippen molar-refractivity contribution in [1.29, 1.82) is 0 Å². The Bertz CT molecular complexity index is 1050. The van der Waals surface area contributed by atoms with E-state index in [1.54, 1.807) is 17.1 Å². The Morgan fingerprint density at radius 1 is 0.897 bits per heavy atom. The molecule has 0 amide bonds. The minimum atomic E-state index is -0.282. The van der Waals surface area contributed by atoms with E-state index < -0.39 is 0 Å². The van der Waals surface area contributed by atoms with Crippen LogP contribution in [0.3, 0.4) is 0 Å². The molecule has 1 aromatic heterocycles. The Hall–Kier alpha value is -2.66. The molecule has 4 aromatic rings. The van der Waals surface area contributed by atoms with Crippen molar-refractivity contribution in [3.05, 3.63) is 107 Å². The number of hydrogen-bond donors (Lipinski definition) is 0. The minimum Gasteiger partial charge on any atom is -0.367 e. The molecule has 1 unspecified atom stereocenters. The van der Waals surface area contributed by atoms with Crippen LogP contribution < -0.4 is 0 Å². The van der Waals surface area contributed by atoms with Crippen LogP contribution in [0, 0.1) is 0 Å². The molecule has 0 fully saturated rings. The Labute approximate surface area is 179 Å². The monoisotopic (exact) mass is 423 g/mol. The summed E-state index contributed by atoms with van der Waals surface area (Å²) in [7, 11) is 0. The summed E-state index contributed by atoms with van der Waals surface area (Å²) in [6.07, 6.45) is 2.88. The van der Waals surface area contributed by atoms with Crippen molar-refractivity contribution in [2.75, 3.05) is 0 Å². The molecule has 0 aliphatic heterocycles. The summed E-state index contributed by atoms with van der Waals surface area (Å²) in [5, 5.41) is 5.35. The van der Waals surface area contributed by atoms with E-state index >= 15 is 0 Å². The number of ether oxygens (including phenoxy) is 1. The van der Waals surface area contributed by atoms with Gasteiger partial charge in [-0.3, -0.25) is 4.68 Å². The average molecular weight is 424 g/mol. The van der Waals surface area contributed by atoms with Crippen molar-refractivity contribution in [2.45, 2.75) is 19.3 Å². The second kappa shape index (κ2) is 9.23. The zero-order chi connectivity index (χ0) is 20.1. The van der Waals surface area contributed by atoms with Gasteiger partial charge in [-0.1, -0.05) is 83.9 Å². The van der Waals surface area contributed by atoms with Gasteiger partial charge in [-0.25, -0.2) is 4.98 Å². The maximum Gasteiger partial charge on any atom is 0.137 e. The molecular formula is C23H19Cl2N3O. The molecule has 0 bridgehead atoms. The topological polar surface area (TPSA) is 39.9 Å². The third kappa shape index (κ3) is 5.04. The second-order valence-corrected chi connectivity index (χ2v) is 7.49. The van der Waals surface area contributed by atoms with Gasteiger partial charge in [0.05, 0.1) is 13.2 Å². The van der Waals surface area contributed by atoms with E-state index in [0.29, 0.717) is 23.2 Å². The van der Waals surface area contributed by atoms with Crippen LogP contribution in [0.2, 0.25) is 10.0 Å². The zero-order valence-corrected chi connectivity index (χ0v) is 17.1. The molecule has 0 radical (unpaired) electrons. The highest BCUT2D eigenvalue weighted by Crippen LogP contribution is 2.30. The van der Waals surface area contributed by atoms with Crippen LogP contribution in [0.5, 0.6) is 0 Å². The Morgan fingerprint density at radius 3 is 2.34 bits per heavy atom. The average Bonchev–Trinajstić information content (AvgIpc) is 3.26. The van der Waals surface area contributed by atoms with Gasteiger partial charge in [0.1, 0.15) is 18.8 Å². The first-order valence-corrected chi connectivity index (χ1v) is 9.98. The molecule has 0 saturated carbocycles. The van der Waals surface area contributed by atoms with Crippen LogP contribution in [0.25, 0.3) is 11.1 Å². The van der Waals surface area contributed by atoms with E-state index in [-0.39, 0.29) is 6.10 Å². The molecule has 1 heterocycles. The van der Waals surface area contributed by atoms with Crippen LogP contribution in [0.15, 0.2) is 85.5 Å². The van der Waals surface area contributed by atoms with E-state index in [0.717, 1.165) is 11.1 Å². The van der Waals surface area contributed by atoms with Crippen LogP contribution in [0.1, 0.15) is 17.2 Å². The molecular weight excluding hydrogens is 405 g/mol. The van der Waals surface area contributed by atoms with Crippen molar-refractivity contribution in [3.63, 3.8) is 0 Å². The van der Waals surface area contributed by atoms with Gasteiger partial charge in [0.15, 0.2) is 0 Å². The quantitative estimate of drug-likeness (QED) is 0.354. The van der Waals surface area contributed by atoms with Gasteiger partial charge in [-0.05, 0) is 28.8 Å². The van der Waals surface area contributed by atoms with Gasteiger partial charge in [0, 0.05) is 15.6 Å². The van der Waals surface area contributed by atoms with E-state index in [1.165, 1.54) is 17.5 Å². The molecule has 0 saturated heterocycles. The molecule has 29 heavy (non-hydrogen) atoms. The Balaban J connectivity index is 1.50. The third-order valence-corrected chi connectivity index (χ3v) is 5.20. The fraction of sp³-hybridized carbons (Fsp3) is 0.130. The predicted molar refractivity (Wildman–Crippen MR) is 116 cm³/mol. The molecule has 0 aliphatic carbocycles. The highest BCUT2D eigenvalue weighted by Gasteiger charge is 2.17. The van der Waals surface area contributed by atoms with Crippen molar-refractivity contribution in [3.8, 4) is 11.1 Å². The number of halogens is 2. The second-order valence-electron chi connectivity index (χ2n) is 6.65. The maximum atomic E-state index is 6.43. The molecule has 0 N–H and O–H groups in total. The first kappa shape index (κ1) is 19.6. The summed E-state index contributed by atoms with van der Waals surface area (Å²) in [5.74, 6) is 0. The lowest BCUT2D eigenvalue weighted by atomic mass is 10.0. The predicted octanol–water partition coefficient (Wildman–Crippen LogP) is 6.21. The fourth-order valence-electron chi connectivity index (χ4n) is 3.12. The first-order valence-electron chi connectivity index (χ1n) is 9.22. The van der Waals surface area contributed by atoms with Crippen LogP contribution >= 0.6 is 23.2 Å². The van der Waals surface area contributed by atoms with Crippen molar-refractivity contribution >= 4 is 23.2 Å². The van der Waals surface area contributed by atoms with Crippen LogP contribution in [0.4, 0.5) is 0 Å². The number of hydrogen-bond acceptors (Lipinski definition) is 3. The van der Waals surface area contributed by atoms with Gasteiger partial charge in [0.25, 0.3) is 0 Å². The largest absolute Gasteiger partial charge is 0.367 e. The smallest absolute Gasteiger partial charge is 0.137 e. The van der Waals surface area contributed by atoms with E-state index in [1.807, 2.05) is 30.3 Å². The maximum absolute atomic E-state index is 6.43. The molecule has 0 spiro atoms. The van der Waals surface area contributed by atoms with Crippen molar-refractivity contribution in [2.24, 2.45) is 0 Å². The summed E-state index contributed by atoms with van der Waals surface area (Å²) in [6, 6.07) is 24.1. The van der Waals surface area contributed by atoms with E-state index in [4.69, 9.17) is 27.9 Å². The lowest BCUT2D eigenvalue weighted by Gasteiger charge is -2.20. The van der Waals surface area contributed by atoms with Gasteiger partial charge in [-0.2, -0.15) is 5.10 Å². The summed E-state index contributed by atoms with van der Waals surface area (Å²) < 4.78 is 7.97. The van der Waals surface area contributed by atoms with E-state index in [2.05, 4.69) is 46.5 Å². The van der Waals surface area contributed by atoms with Gasteiger partial charge < -0.3 is 4.74 Å². The molecule has 6 heteroatoms. The Kier molecular flexibility index (Phi) is 6.25. The third-order valence-electron chi connectivity index (χ3n) is 4.64. The first-order chi connectivity index (χ1) is 14.2. The summed E-state index contributed by atoms with van der Waals surface area (Å²) in [6.45, 7) is 0.955. The molecule has 4 rings (SSSR count).